The Balaban J connectivity index is 1.99. The molecule has 1 fully saturated rings. The standard InChI is InChI=1S/C11H21N5S/c1-3-5-9(12)10(4-2)17-11-13-14-15-16(11)8-6-7-8/h8-10H,3-7,12H2,1-2H3. The van der Waals surface area contributed by atoms with Gasteiger partial charge in [-0.25, -0.2) is 4.68 Å². The number of tetrazole rings is 1. The van der Waals surface area contributed by atoms with Crippen LogP contribution in [0.25, 0.3) is 0 Å². The number of nitrogens with two attached hydrogens (primary N) is 1. The number of hydrogen-bond acceptors (Lipinski definition) is 5. The van der Waals surface area contributed by atoms with Crippen molar-refractivity contribution in [2.45, 2.75) is 68.4 Å². The number of aromatic nitrogens is 4. The molecule has 1 heterocycles. The van der Waals surface area contributed by atoms with Gasteiger partial charge < -0.3 is 5.73 Å². The van der Waals surface area contributed by atoms with Crippen molar-refractivity contribution in [3.05, 3.63) is 0 Å². The summed E-state index contributed by atoms with van der Waals surface area (Å²) < 4.78 is 1.96. The maximum absolute atomic E-state index is 6.20. The summed E-state index contributed by atoms with van der Waals surface area (Å²) in [4.78, 5) is 0. The summed E-state index contributed by atoms with van der Waals surface area (Å²) in [6.07, 6.45) is 5.67. The fourth-order valence-corrected chi connectivity index (χ4v) is 3.06. The Morgan fingerprint density at radius 3 is 2.82 bits per heavy atom. The summed E-state index contributed by atoms with van der Waals surface area (Å²) in [5.74, 6) is 0. The topological polar surface area (TPSA) is 69.6 Å². The van der Waals surface area contributed by atoms with E-state index in [-0.39, 0.29) is 6.04 Å². The van der Waals surface area contributed by atoms with Gasteiger partial charge in [0.1, 0.15) is 0 Å². The first-order valence-electron chi connectivity index (χ1n) is 6.46. The first-order valence-corrected chi connectivity index (χ1v) is 7.34. The van der Waals surface area contributed by atoms with E-state index >= 15 is 0 Å². The van der Waals surface area contributed by atoms with Crippen LogP contribution < -0.4 is 5.73 Å². The lowest BCUT2D eigenvalue weighted by Crippen LogP contribution is -2.32. The second kappa shape index (κ2) is 5.82. The molecule has 0 radical (unpaired) electrons. The van der Waals surface area contributed by atoms with Crippen molar-refractivity contribution in [3.8, 4) is 0 Å². The normalized spacial score (nSPS) is 19.2. The van der Waals surface area contributed by atoms with Gasteiger partial charge in [0.15, 0.2) is 0 Å². The molecule has 1 aromatic rings. The van der Waals surface area contributed by atoms with Crippen LogP contribution in [0.2, 0.25) is 0 Å². The molecule has 0 spiro atoms. The Kier molecular flexibility index (Phi) is 4.39. The highest BCUT2D eigenvalue weighted by atomic mass is 32.2. The van der Waals surface area contributed by atoms with Gasteiger partial charge in [-0.05, 0) is 36.1 Å². The van der Waals surface area contributed by atoms with Crippen LogP contribution in [-0.4, -0.2) is 31.5 Å². The minimum absolute atomic E-state index is 0.236. The van der Waals surface area contributed by atoms with E-state index in [1.165, 1.54) is 12.8 Å². The Morgan fingerprint density at radius 2 is 2.24 bits per heavy atom. The van der Waals surface area contributed by atoms with Crippen molar-refractivity contribution < 1.29 is 0 Å². The smallest absolute Gasteiger partial charge is 0.209 e. The van der Waals surface area contributed by atoms with Crippen molar-refractivity contribution in [1.29, 1.82) is 0 Å². The fraction of sp³-hybridized carbons (Fsp3) is 0.909. The third kappa shape index (κ3) is 3.19. The molecule has 1 aliphatic rings. The zero-order valence-corrected chi connectivity index (χ0v) is 11.4. The SMILES string of the molecule is CCCC(N)C(CC)Sc1nnnn1C1CC1. The molecule has 1 aliphatic carbocycles. The minimum Gasteiger partial charge on any atom is -0.327 e. The molecule has 6 heteroatoms. The van der Waals surface area contributed by atoms with Gasteiger partial charge in [0.25, 0.3) is 0 Å². The molecule has 1 saturated carbocycles. The molecule has 5 nitrogen and oxygen atoms in total. The quantitative estimate of drug-likeness (QED) is 0.755. The summed E-state index contributed by atoms with van der Waals surface area (Å²) in [6.45, 7) is 4.35. The molecular weight excluding hydrogens is 234 g/mol. The predicted molar refractivity (Wildman–Crippen MR) is 68.9 cm³/mol. The van der Waals surface area contributed by atoms with E-state index in [2.05, 4.69) is 29.4 Å². The van der Waals surface area contributed by atoms with Crippen LogP contribution in [0.5, 0.6) is 0 Å². The van der Waals surface area contributed by atoms with Gasteiger partial charge in [-0.1, -0.05) is 32.0 Å². The maximum atomic E-state index is 6.20. The van der Waals surface area contributed by atoms with Gasteiger partial charge in [-0.2, -0.15) is 0 Å². The molecule has 17 heavy (non-hydrogen) atoms. The van der Waals surface area contributed by atoms with Crippen LogP contribution >= 0.6 is 11.8 Å². The van der Waals surface area contributed by atoms with Crippen molar-refractivity contribution in [1.82, 2.24) is 20.2 Å². The summed E-state index contributed by atoms with van der Waals surface area (Å²) >= 11 is 1.74. The molecule has 0 aliphatic heterocycles. The monoisotopic (exact) mass is 255 g/mol. The van der Waals surface area contributed by atoms with E-state index in [0.717, 1.165) is 24.4 Å². The van der Waals surface area contributed by atoms with Crippen molar-refractivity contribution in [3.63, 3.8) is 0 Å². The molecule has 2 atom stereocenters. The highest BCUT2D eigenvalue weighted by molar-refractivity contribution is 7.99. The highest BCUT2D eigenvalue weighted by Gasteiger charge is 2.29. The predicted octanol–water partition coefficient (Wildman–Crippen LogP) is 2.01. The molecule has 0 aromatic carbocycles. The van der Waals surface area contributed by atoms with Gasteiger partial charge >= 0.3 is 0 Å². The molecule has 1 aromatic heterocycles. The van der Waals surface area contributed by atoms with E-state index in [9.17, 15) is 0 Å². The number of thioether (sulfide) groups is 1. The average molecular weight is 255 g/mol. The van der Waals surface area contributed by atoms with Gasteiger partial charge in [-0.3, -0.25) is 0 Å². The second-order valence-corrected chi connectivity index (χ2v) is 5.86. The summed E-state index contributed by atoms with van der Waals surface area (Å²) in [5, 5.41) is 13.3. The molecule has 2 unspecified atom stereocenters. The average Bonchev–Trinajstić information content (AvgIpc) is 3.06. The van der Waals surface area contributed by atoms with E-state index < -0.39 is 0 Å². The molecule has 0 amide bonds. The molecular formula is C11H21N5S. The van der Waals surface area contributed by atoms with Crippen LogP contribution in [0.4, 0.5) is 0 Å². The van der Waals surface area contributed by atoms with Crippen molar-refractivity contribution in [2.24, 2.45) is 5.73 Å². The first-order chi connectivity index (χ1) is 8.26. The Morgan fingerprint density at radius 1 is 1.47 bits per heavy atom. The van der Waals surface area contributed by atoms with E-state index in [0.29, 0.717) is 11.3 Å². The van der Waals surface area contributed by atoms with Crippen LogP contribution in [0.1, 0.15) is 52.0 Å². The summed E-state index contributed by atoms with van der Waals surface area (Å²) in [5.41, 5.74) is 6.20. The van der Waals surface area contributed by atoms with E-state index in [1.54, 1.807) is 11.8 Å². The molecule has 2 N–H and O–H groups in total. The minimum atomic E-state index is 0.236. The fourth-order valence-electron chi connectivity index (χ4n) is 1.94. The van der Waals surface area contributed by atoms with Gasteiger partial charge in [0.05, 0.1) is 6.04 Å². The molecule has 96 valence electrons. The third-order valence-corrected chi connectivity index (χ3v) is 4.58. The van der Waals surface area contributed by atoms with Crippen molar-refractivity contribution in [2.75, 3.05) is 0 Å². The maximum Gasteiger partial charge on any atom is 0.209 e. The third-order valence-electron chi connectivity index (χ3n) is 3.11. The molecule has 2 rings (SSSR count). The molecule has 0 bridgehead atoms. The van der Waals surface area contributed by atoms with Gasteiger partial charge in [0.2, 0.25) is 5.16 Å². The van der Waals surface area contributed by atoms with Gasteiger partial charge in [0, 0.05) is 11.3 Å². The number of rotatable bonds is 7. The number of hydrogen-bond donors (Lipinski definition) is 1. The first kappa shape index (κ1) is 12.8. The Hall–Kier alpha value is -0.620. The highest BCUT2D eigenvalue weighted by Crippen LogP contribution is 2.37. The summed E-state index contributed by atoms with van der Waals surface area (Å²) in [6, 6.07) is 0.770. The van der Waals surface area contributed by atoms with E-state index in [4.69, 9.17) is 5.73 Å². The van der Waals surface area contributed by atoms with Crippen LogP contribution in [0, 0.1) is 0 Å². The Labute approximate surface area is 107 Å². The lowest BCUT2D eigenvalue weighted by molar-refractivity contribution is 0.549. The van der Waals surface area contributed by atoms with Gasteiger partial charge in [-0.15, -0.1) is 5.10 Å². The Bertz CT molecular complexity index is 349. The van der Waals surface area contributed by atoms with E-state index in [1.807, 2.05) is 4.68 Å². The lowest BCUT2D eigenvalue weighted by atomic mass is 10.1. The zero-order chi connectivity index (χ0) is 12.3. The summed E-state index contributed by atoms with van der Waals surface area (Å²) in [7, 11) is 0. The molecule has 0 saturated heterocycles. The van der Waals surface area contributed by atoms with Crippen LogP contribution in [0.3, 0.4) is 0 Å². The van der Waals surface area contributed by atoms with Crippen LogP contribution in [-0.2, 0) is 0 Å². The largest absolute Gasteiger partial charge is 0.327 e. The second-order valence-electron chi connectivity index (χ2n) is 4.65. The lowest BCUT2D eigenvalue weighted by Gasteiger charge is -2.20. The van der Waals surface area contributed by atoms with Crippen LogP contribution in [0.15, 0.2) is 5.16 Å². The number of nitrogens with zero attached hydrogens (tertiary/aromatic N) is 4. The zero-order valence-electron chi connectivity index (χ0n) is 10.5. The van der Waals surface area contributed by atoms with Crippen molar-refractivity contribution >= 4 is 11.8 Å².